The van der Waals surface area contributed by atoms with Crippen molar-refractivity contribution in [3.8, 4) is 0 Å². The summed E-state index contributed by atoms with van der Waals surface area (Å²) in [6.45, 7) is 12.1. The van der Waals surface area contributed by atoms with Crippen molar-refractivity contribution in [1.82, 2.24) is 10.6 Å². The van der Waals surface area contributed by atoms with Gasteiger partial charge in [-0.25, -0.2) is 4.79 Å². The fraction of sp³-hybridized carbons (Fsp3) is 0.720. The fourth-order valence-corrected chi connectivity index (χ4v) is 3.13. The summed E-state index contributed by atoms with van der Waals surface area (Å²) in [7, 11) is 2.05. The van der Waals surface area contributed by atoms with Gasteiger partial charge in [-0.2, -0.15) is 0 Å². The van der Waals surface area contributed by atoms with E-state index < -0.39 is 11.7 Å². The molecule has 0 aliphatic rings. The van der Waals surface area contributed by atoms with Crippen molar-refractivity contribution < 1.29 is 23.7 Å². The lowest BCUT2D eigenvalue weighted by molar-refractivity contribution is 0.0136. The predicted molar refractivity (Wildman–Crippen MR) is 138 cm³/mol. The van der Waals surface area contributed by atoms with E-state index in [1.54, 1.807) is 0 Å². The molecule has 1 aromatic carbocycles. The lowest BCUT2D eigenvalue weighted by atomic mass is 10.2. The topological polar surface area (TPSA) is 81.3 Å². The minimum absolute atomic E-state index is 0.399. The van der Waals surface area contributed by atoms with Gasteiger partial charge in [-0.15, -0.1) is 11.6 Å². The smallest absolute Gasteiger partial charge is 0.407 e. The van der Waals surface area contributed by atoms with Crippen molar-refractivity contribution in [2.45, 2.75) is 45.8 Å². The van der Waals surface area contributed by atoms with Crippen LogP contribution in [0.5, 0.6) is 0 Å². The SMILES string of the molecule is CN(CCCl)c1ccc(CNCCCOCCOCCOCCCNC(=O)OC(C)(C)C)cc1. The molecule has 8 nitrogen and oxygen atoms in total. The van der Waals surface area contributed by atoms with Crippen LogP contribution < -0.4 is 15.5 Å². The number of alkyl halides is 1. The van der Waals surface area contributed by atoms with Gasteiger partial charge in [-0.1, -0.05) is 12.1 Å². The zero-order chi connectivity index (χ0) is 25.1. The molecule has 1 aromatic rings. The van der Waals surface area contributed by atoms with Gasteiger partial charge in [-0.05, 0) is 57.9 Å². The molecule has 1 amide bonds. The fourth-order valence-electron chi connectivity index (χ4n) is 2.88. The van der Waals surface area contributed by atoms with Crippen LogP contribution in [0.25, 0.3) is 0 Å². The first-order chi connectivity index (χ1) is 16.3. The second kappa shape index (κ2) is 18.7. The Labute approximate surface area is 210 Å². The van der Waals surface area contributed by atoms with Crippen molar-refractivity contribution in [2.75, 3.05) is 77.1 Å². The molecular formula is C25H44ClN3O5. The normalized spacial score (nSPS) is 11.4. The number of hydrogen-bond acceptors (Lipinski definition) is 7. The third kappa shape index (κ3) is 16.9. The van der Waals surface area contributed by atoms with Crippen LogP contribution in [-0.2, 0) is 25.5 Å². The summed E-state index contributed by atoms with van der Waals surface area (Å²) in [5, 5.41) is 6.14. The molecule has 0 aromatic heterocycles. The summed E-state index contributed by atoms with van der Waals surface area (Å²) in [5.41, 5.74) is 1.96. The second-order valence-corrected chi connectivity index (χ2v) is 9.30. The standard InChI is InChI=1S/C25H44ClN3O5/c1-25(2,3)34-24(30)28-13-6-16-32-18-20-33-19-17-31-15-5-12-27-21-22-7-9-23(10-8-22)29(4)14-11-26/h7-10,27H,5-6,11-21H2,1-4H3,(H,28,30). The maximum absolute atomic E-state index is 11.5. The molecule has 0 saturated carbocycles. The zero-order valence-corrected chi connectivity index (χ0v) is 22.1. The summed E-state index contributed by atoms with van der Waals surface area (Å²) in [6.07, 6.45) is 1.29. The minimum atomic E-state index is -0.478. The van der Waals surface area contributed by atoms with Crippen molar-refractivity contribution >= 4 is 23.4 Å². The number of halogens is 1. The molecular weight excluding hydrogens is 458 g/mol. The van der Waals surface area contributed by atoms with Gasteiger partial charge in [0, 0.05) is 51.5 Å². The van der Waals surface area contributed by atoms with Crippen molar-refractivity contribution in [1.29, 1.82) is 0 Å². The van der Waals surface area contributed by atoms with Crippen LogP contribution in [0.4, 0.5) is 10.5 Å². The quantitative estimate of drug-likeness (QED) is 0.220. The molecule has 0 bridgehead atoms. The number of carbonyl (C=O) groups excluding carboxylic acids is 1. The van der Waals surface area contributed by atoms with E-state index in [1.165, 1.54) is 11.3 Å². The molecule has 196 valence electrons. The first-order valence-corrected chi connectivity index (χ1v) is 12.6. The average molecular weight is 502 g/mol. The van der Waals surface area contributed by atoms with E-state index in [0.717, 1.165) is 32.5 Å². The number of nitrogens with zero attached hydrogens (tertiary/aromatic N) is 1. The number of nitrogens with one attached hydrogen (secondary N) is 2. The third-order valence-corrected chi connectivity index (χ3v) is 4.82. The van der Waals surface area contributed by atoms with E-state index in [9.17, 15) is 4.79 Å². The van der Waals surface area contributed by atoms with Crippen molar-refractivity contribution in [3.05, 3.63) is 29.8 Å². The number of alkyl carbamates (subject to hydrolysis) is 1. The van der Waals surface area contributed by atoms with E-state index in [4.69, 9.17) is 30.5 Å². The van der Waals surface area contributed by atoms with Crippen LogP contribution >= 0.6 is 11.6 Å². The number of hydrogen-bond donors (Lipinski definition) is 2. The highest BCUT2D eigenvalue weighted by molar-refractivity contribution is 6.18. The van der Waals surface area contributed by atoms with Gasteiger partial charge in [-0.3, -0.25) is 0 Å². The maximum atomic E-state index is 11.5. The van der Waals surface area contributed by atoms with Gasteiger partial charge >= 0.3 is 6.09 Å². The summed E-state index contributed by atoms with van der Waals surface area (Å²) in [4.78, 5) is 13.6. The average Bonchev–Trinajstić information content (AvgIpc) is 2.78. The van der Waals surface area contributed by atoms with Gasteiger partial charge in [0.05, 0.1) is 26.4 Å². The molecule has 2 N–H and O–H groups in total. The maximum Gasteiger partial charge on any atom is 0.407 e. The van der Waals surface area contributed by atoms with Gasteiger partial charge in [0.1, 0.15) is 5.60 Å². The van der Waals surface area contributed by atoms with Gasteiger partial charge in [0.2, 0.25) is 0 Å². The van der Waals surface area contributed by atoms with Gasteiger partial charge in [0.15, 0.2) is 0 Å². The molecule has 0 fully saturated rings. The van der Waals surface area contributed by atoms with Crippen LogP contribution in [0.3, 0.4) is 0 Å². The Balaban J connectivity index is 1.84. The molecule has 1 rings (SSSR count). The largest absolute Gasteiger partial charge is 0.444 e. The molecule has 0 saturated heterocycles. The van der Waals surface area contributed by atoms with Crippen LogP contribution in [0.2, 0.25) is 0 Å². The number of amides is 1. The molecule has 34 heavy (non-hydrogen) atoms. The van der Waals surface area contributed by atoms with Crippen molar-refractivity contribution in [2.24, 2.45) is 0 Å². The summed E-state index contributed by atoms with van der Waals surface area (Å²) in [6, 6.07) is 8.54. The Bertz CT molecular complexity index is 640. The van der Waals surface area contributed by atoms with E-state index in [2.05, 4.69) is 39.8 Å². The second-order valence-electron chi connectivity index (χ2n) is 8.93. The first kappa shape index (κ1) is 30.5. The van der Waals surface area contributed by atoms with Crippen LogP contribution in [-0.4, -0.2) is 83.9 Å². The van der Waals surface area contributed by atoms with Crippen molar-refractivity contribution in [3.63, 3.8) is 0 Å². The number of benzene rings is 1. The predicted octanol–water partition coefficient (Wildman–Crippen LogP) is 3.81. The molecule has 0 spiro atoms. The molecule has 0 radical (unpaired) electrons. The number of ether oxygens (including phenoxy) is 4. The van der Waals surface area contributed by atoms with Gasteiger partial charge in [0.25, 0.3) is 0 Å². The van der Waals surface area contributed by atoms with Gasteiger partial charge < -0.3 is 34.5 Å². The highest BCUT2D eigenvalue weighted by atomic mass is 35.5. The Morgan fingerprint density at radius 3 is 2.03 bits per heavy atom. The van der Waals surface area contributed by atoms with Crippen LogP contribution in [0, 0.1) is 0 Å². The van der Waals surface area contributed by atoms with Crippen LogP contribution in [0.15, 0.2) is 24.3 Å². The molecule has 0 unspecified atom stereocenters. The number of anilines is 1. The van der Waals surface area contributed by atoms with E-state index >= 15 is 0 Å². The third-order valence-electron chi connectivity index (χ3n) is 4.65. The Hall–Kier alpha value is -1.58. The monoisotopic (exact) mass is 501 g/mol. The summed E-state index contributed by atoms with van der Waals surface area (Å²) >= 11 is 5.79. The highest BCUT2D eigenvalue weighted by Crippen LogP contribution is 2.13. The molecule has 0 aliphatic heterocycles. The Morgan fingerprint density at radius 2 is 1.47 bits per heavy atom. The summed E-state index contributed by atoms with van der Waals surface area (Å²) < 4.78 is 21.7. The van der Waals surface area contributed by atoms with E-state index in [0.29, 0.717) is 52.1 Å². The van der Waals surface area contributed by atoms with Crippen LogP contribution in [0.1, 0.15) is 39.2 Å². The minimum Gasteiger partial charge on any atom is -0.444 e. The first-order valence-electron chi connectivity index (χ1n) is 12.1. The molecule has 0 atom stereocenters. The number of rotatable bonds is 19. The highest BCUT2D eigenvalue weighted by Gasteiger charge is 2.15. The summed E-state index contributed by atoms with van der Waals surface area (Å²) in [5.74, 6) is 0.625. The molecule has 0 aliphatic carbocycles. The van der Waals surface area contributed by atoms with E-state index in [1.807, 2.05) is 27.8 Å². The molecule has 0 heterocycles. The van der Waals surface area contributed by atoms with E-state index in [-0.39, 0.29) is 0 Å². The lowest BCUT2D eigenvalue weighted by Gasteiger charge is -2.19. The molecule has 9 heteroatoms. The lowest BCUT2D eigenvalue weighted by Crippen LogP contribution is -2.33. The zero-order valence-electron chi connectivity index (χ0n) is 21.4. The Kier molecular flexibility index (Phi) is 16.8. The Morgan fingerprint density at radius 1 is 0.912 bits per heavy atom. The number of carbonyl (C=O) groups is 1.